The molecular weight excluding hydrogens is 364 g/mol. The molecule has 0 saturated heterocycles. The van der Waals surface area contributed by atoms with Gasteiger partial charge in [0.15, 0.2) is 5.78 Å². The third-order valence-electron chi connectivity index (χ3n) is 3.38. The minimum Gasteiger partial charge on any atom is -0.325 e. The van der Waals surface area contributed by atoms with E-state index in [9.17, 15) is 18.0 Å². The van der Waals surface area contributed by atoms with Crippen molar-refractivity contribution < 1.29 is 18.0 Å². The first-order chi connectivity index (χ1) is 11.7. The van der Waals surface area contributed by atoms with Crippen LogP contribution in [-0.2, 0) is 14.8 Å². The zero-order chi connectivity index (χ0) is 18.6. The zero-order valence-corrected chi connectivity index (χ0v) is 15.3. The van der Waals surface area contributed by atoms with Gasteiger partial charge >= 0.3 is 0 Å². The topological polar surface area (TPSA) is 83.6 Å². The predicted octanol–water partition coefficient (Wildman–Crippen LogP) is 2.95. The van der Waals surface area contributed by atoms with E-state index in [2.05, 4.69) is 5.32 Å². The Hall–Kier alpha value is -2.38. The number of hydrogen-bond acceptors (Lipinski definition) is 4. The number of nitrogens with zero attached hydrogens (tertiary/aromatic N) is 1. The summed E-state index contributed by atoms with van der Waals surface area (Å²) in [5, 5.41) is 3.14. The van der Waals surface area contributed by atoms with Crippen LogP contribution in [0.5, 0.6) is 0 Å². The van der Waals surface area contributed by atoms with Crippen molar-refractivity contribution in [3.63, 3.8) is 0 Å². The lowest BCUT2D eigenvalue weighted by Crippen LogP contribution is -2.37. The lowest BCUT2D eigenvalue weighted by atomic mass is 10.1. The van der Waals surface area contributed by atoms with E-state index in [1.54, 1.807) is 24.3 Å². The van der Waals surface area contributed by atoms with Crippen LogP contribution < -0.4 is 9.62 Å². The zero-order valence-electron chi connectivity index (χ0n) is 13.7. The molecule has 0 aliphatic carbocycles. The van der Waals surface area contributed by atoms with E-state index in [0.29, 0.717) is 22.0 Å². The van der Waals surface area contributed by atoms with Gasteiger partial charge in [0.05, 0.1) is 11.9 Å². The van der Waals surface area contributed by atoms with Gasteiger partial charge in [-0.25, -0.2) is 8.42 Å². The first-order valence-electron chi connectivity index (χ1n) is 7.31. The number of ketones is 1. The van der Waals surface area contributed by atoms with E-state index in [1.165, 1.54) is 31.2 Å². The summed E-state index contributed by atoms with van der Waals surface area (Å²) in [4.78, 5) is 23.5. The number of Topliss-reactive ketones (excluding diaryl/α,β-unsaturated/α-hetero) is 1. The molecule has 6 nitrogen and oxygen atoms in total. The second kappa shape index (κ2) is 7.67. The number of hydrogen-bond donors (Lipinski definition) is 1. The number of carbonyl (C=O) groups is 2. The van der Waals surface area contributed by atoms with Crippen molar-refractivity contribution in [3.8, 4) is 0 Å². The van der Waals surface area contributed by atoms with Crippen LogP contribution in [0.4, 0.5) is 11.4 Å². The lowest BCUT2D eigenvalue weighted by Gasteiger charge is -2.22. The van der Waals surface area contributed by atoms with E-state index in [0.717, 1.165) is 10.6 Å². The van der Waals surface area contributed by atoms with Crippen molar-refractivity contribution in [3.05, 3.63) is 59.1 Å². The Kier molecular flexibility index (Phi) is 5.81. The van der Waals surface area contributed by atoms with Gasteiger partial charge in [-0.1, -0.05) is 11.6 Å². The maximum absolute atomic E-state index is 12.2. The molecule has 0 aromatic heterocycles. The van der Waals surface area contributed by atoms with Gasteiger partial charge in [0.2, 0.25) is 15.9 Å². The molecule has 0 aliphatic heterocycles. The van der Waals surface area contributed by atoms with Gasteiger partial charge in [0.25, 0.3) is 0 Å². The fourth-order valence-corrected chi connectivity index (χ4v) is 3.11. The highest BCUT2D eigenvalue weighted by molar-refractivity contribution is 7.92. The molecule has 132 valence electrons. The van der Waals surface area contributed by atoms with Gasteiger partial charge < -0.3 is 5.32 Å². The van der Waals surface area contributed by atoms with Crippen LogP contribution in [0.1, 0.15) is 17.3 Å². The molecule has 0 atom stereocenters. The van der Waals surface area contributed by atoms with Crippen LogP contribution >= 0.6 is 11.6 Å². The molecule has 25 heavy (non-hydrogen) atoms. The Morgan fingerprint density at radius 3 is 2.08 bits per heavy atom. The Labute approximate surface area is 151 Å². The maximum Gasteiger partial charge on any atom is 0.245 e. The summed E-state index contributed by atoms with van der Waals surface area (Å²) < 4.78 is 25.1. The normalized spacial score (nSPS) is 11.0. The number of sulfonamides is 1. The fraction of sp³-hybridized carbons (Fsp3) is 0.176. The van der Waals surface area contributed by atoms with E-state index in [4.69, 9.17) is 11.6 Å². The Balaban J connectivity index is 2.19. The third kappa shape index (κ3) is 5.30. The SMILES string of the molecule is CC(=O)c1ccc(N(CC(=O)Nc2ccc(Cl)cc2)S(C)(=O)=O)cc1. The highest BCUT2D eigenvalue weighted by atomic mass is 35.5. The van der Waals surface area contributed by atoms with Gasteiger partial charge in [-0.15, -0.1) is 0 Å². The largest absolute Gasteiger partial charge is 0.325 e. The molecule has 0 radical (unpaired) electrons. The Morgan fingerprint density at radius 2 is 1.60 bits per heavy atom. The summed E-state index contributed by atoms with van der Waals surface area (Å²) in [6, 6.07) is 12.5. The summed E-state index contributed by atoms with van der Waals surface area (Å²) in [7, 11) is -3.68. The maximum atomic E-state index is 12.2. The number of anilines is 2. The monoisotopic (exact) mass is 380 g/mol. The number of benzene rings is 2. The Morgan fingerprint density at radius 1 is 1.04 bits per heavy atom. The van der Waals surface area contributed by atoms with Crippen molar-refractivity contribution >= 4 is 44.7 Å². The molecule has 0 spiro atoms. The molecule has 0 saturated carbocycles. The average Bonchev–Trinajstić information content (AvgIpc) is 2.54. The average molecular weight is 381 g/mol. The van der Waals surface area contributed by atoms with Gasteiger partial charge in [0.1, 0.15) is 6.54 Å². The number of amides is 1. The van der Waals surface area contributed by atoms with Crippen LogP contribution in [0, 0.1) is 0 Å². The van der Waals surface area contributed by atoms with Crippen LogP contribution in [0.2, 0.25) is 5.02 Å². The number of halogens is 1. The first kappa shape index (κ1) is 19.0. The molecule has 2 aromatic rings. The van der Waals surface area contributed by atoms with Crippen molar-refractivity contribution in [1.29, 1.82) is 0 Å². The van der Waals surface area contributed by atoms with Crippen LogP contribution in [0.25, 0.3) is 0 Å². The van der Waals surface area contributed by atoms with Crippen molar-refractivity contribution in [2.24, 2.45) is 0 Å². The van der Waals surface area contributed by atoms with E-state index in [1.807, 2.05) is 0 Å². The molecule has 2 rings (SSSR count). The van der Waals surface area contributed by atoms with Crippen molar-refractivity contribution in [1.82, 2.24) is 0 Å². The van der Waals surface area contributed by atoms with Gasteiger partial charge in [-0.3, -0.25) is 13.9 Å². The summed E-state index contributed by atoms with van der Waals surface area (Å²) in [6.07, 6.45) is 1.02. The fourth-order valence-electron chi connectivity index (χ4n) is 2.13. The first-order valence-corrected chi connectivity index (χ1v) is 9.53. The molecule has 0 fully saturated rings. The number of rotatable bonds is 6. The third-order valence-corrected chi connectivity index (χ3v) is 4.77. The minimum absolute atomic E-state index is 0.127. The quantitative estimate of drug-likeness (QED) is 0.781. The predicted molar refractivity (Wildman–Crippen MR) is 98.7 cm³/mol. The summed E-state index contributed by atoms with van der Waals surface area (Å²) in [5.74, 6) is -0.624. The molecule has 8 heteroatoms. The molecule has 1 amide bonds. The van der Waals surface area contributed by atoms with Gasteiger partial charge in [-0.05, 0) is 55.5 Å². The summed E-state index contributed by atoms with van der Waals surface area (Å²) in [5.41, 5.74) is 1.27. The van der Waals surface area contributed by atoms with Crippen molar-refractivity contribution in [2.45, 2.75) is 6.92 Å². The van der Waals surface area contributed by atoms with Crippen LogP contribution in [0.15, 0.2) is 48.5 Å². The molecular formula is C17H17ClN2O4S. The van der Waals surface area contributed by atoms with E-state index >= 15 is 0 Å². The Bertz CT molecular complexity index is 878. The van der Waals surface area contributed by atoms with Gasteiger partial charge in [0, 0.05) is 16.3 Å². The molecule has 2 aromatic carbocycles. The van der Waals surface area contributed by atoms with Crippen molar-refractivity contribution in [2.75, 3.05) is 22.4 Å². The number of carbonyl (C=O) groups excluding carboxylic acids is 2. The van der Waals surface area contributed by atoms with Crippen LogP contribution in [-0.4, -0.2) is 32.9 Å². The molecule has 0 unspecified atom stereocenters. The molecule has 0 bridgehead atoms. The smallest absolute Gasteiger partial charge is 0.245 e. The van der Waals surface area contributed by atoms with Crippen LogP contribution in [0.3, 0.4) is 0 Å². The summed E-state index contributed by atoms with van der Waals surface area (Å²) >= 11 is 5.78. The highest BCUT2D eigenvalue weighted by Crippen LogP contribution is 2.19. The van der Waals surface area contributed by atoms with E-state index < -0.39 is 15.9 Å². The molecule has 0 heterocycles. The minimum atomic E-state index is -3.68. The molecule has 1 N–H and O–H groups in total. The summed E-state index contributed by atoms with van der Waals surface area (Å²) in [6.45, 7) is 1.03. The lowest BCUT2D eigenvalue weighted by molar-refractivity contribution is -0.114. The molecule has 0 aliphatic rings. The standard InChI is InChI=1S/C17H17ClN2O4S/c1-12(21)13-3-9-16(10-4-13)20(25(2,23)24)11-17(22)19-15-7-5-14(18)6-8-15/h3-10H,11H2,1-2H3,(H,19,22). The highest BCUT2D eigenvalue weighted by Gasteiger charge is 2.21. The second-order valence-corrected chi connectivity index (χ2v) is 7.77. The van der Waals surface area contributed by atoms with E-state index in [-0.39, 0.29) is 12.3 Å². The number of nitrogens with one attached hydrogen (secondary N) is 1. The second-order valence-electron chi connectivity index (χ2n) is 5.43. The van der Waals surface area contributed by atoms with Gasteiger partial charge in [-0.2, -0.15) is 0 Å².